The molecule has 0 aromatic heterocycles. The zero-order valence-electron chi connectivity index (χ0n) is 14.5. The Kier molecular flexibility index (Phi) is 11.8. The van der Waals surface area contributed by atoms with Crippen molar-refractivity contribution in [2.75, 3.05) is 39.4 Å². The van der Waals surface area contributed by atoms with E-state index in [0.29, 0.717) is 38.1 Å². The Hall–Kier alpha value is -1.14. The van der Waals surface area contributed by atoms with Gasteiger partial charge in [-0.3, -0.25) is 14.5 Å². The summed E-state index contributed by atoms with van der Waals surface area (Å²) in [5.41, 5.74) is 5.48. The van der Waals surface area contributed by atoms with Crippen LogP contribution in [0.4, 0.5) is 0 Å². The number of ether oxygens (including phenoxy) is 2. The van der Waals surface area contributed by atoms with Gasteiger partial charge < -0.3 is 15.2 Å². The number of rotatable bonds is 12. The lowest BCUT2D eigenvalue weighted by molar-refractivity contribution is -0.149. The summed E-state index contributed by atoms with van der Waals surface area (Å²) in [6.45, 7) is 10.2. The Morgan fingerprint density at radius 2 is 1.36 bits per heavy atom. The molecule has 0 radical (unpaired) electrons. The van der Waals surface area contributed by atoms with Crippen molar-refractivity contribution in [2.45, 2.75) is 40.5 Å². The molecule has 0 aliphatic heterocycles. The summed E-state index contributed by atoms with van der Waals surface area (Å²) in [5, 5.41) is 0. The zero-order valence-corrected chi connectivity index (χ0v) is 14.5. The van der Waals surface area contributed by atoms with Crippen molar-refractivity contribution >= 4 is 11.9 Å². The maximum absolute atomic E-state index is 11.8. The van der Waals surface area contributed by atoms with Gasteiger partial charge in [0.05, 0.1) is 26.3 Å². The van der Waals surface area contributed by atoms with Crippen LogP contribution in [0.3, 0.4) is 0 Å². The lowest BCUT2D eigenvalue weighted by atomic mass is 10.2. The van der Waals surface area contributed by atoms with Gasteiger partial charge in [-0.15, -0.1) is 0 Å². The van der Waals surface area contributed by atoms with Gasteiger partial charge in [0.1, 0.15) is 0 Å². The summed E-state index contributed by atoms with van der Waals surface area (Å²) in [5.74, 6) is -0.0208. The van der Waals surface area contributed by atoms with Crippen LogP contribution in [0.25, 0.3) is 0 Å². The van der Waals surface area contributed by atoms with Gasteiger partial charge in [0.15, 0.2) is 0 Å². The second-order valence-corrected chi connectivity index (χ2v) is 6.36. The predicted molar refractivity (Wildman–Crippen MR) is 86.3 cm³/mol. The summed E-state index contributed by atoms with van der Waals surface area (Å²) in [6.07, 6.45) is 1.70. The minimum Gasteiger partial charge on any atom is -0.464 e. The van der Waals surface area contributed by atoms with E-state index < -0.39 is 0 Å². The van der Waals surface area contributed by atoms with E-state index in [1.54, 1.807) is 4.90 Å². The molecule has 0 saturated carbocycles. The number of nitrogens with zero attached hydrogens (tertiary/aromatic N) is 1. The van der Waals surface area contributed by atoms with Gasteiger partial charge in [-0.1, -0.05) is 27.7 Å². The van der Waals surface area contributed by atoms with Crippen molar-refractivity contribution in [2.24, 2.45) is 17.6 Å². The van der Waals surface area contributed by atoms with Gasteiger partial charge in [0.2, 0.25) is 0 Å². The number of esters is 2. The zero-order chi connectivity index (χ0) is 17.0. The molecular weight excluding hydrogens is 284 g/mol. The van der Waals surface area contributed by atoms with Crippen LogP contribution < -0.4 is 5.73 Å². The van der Waals surface area contributed by atoms with Crippen molar-refractivity contribution in [1.82, 2.24) is 4.90 Å². The average molecular weight is 316 g/mol. The molecular formula is C16H32N2O4. The number of carbonyl (C=O) groups is 2. The fraction of sp³-hybridized carbons (Fsp3) is 0.875. The molecule has 0 aliphatic rings. The largest absolute Gasteiger partial charge is 0.464 e. The molecule has 0 aromatic rings. The first-order valence-electron chi connectivity index (χ1n) is 8.08. The second-order valence-electron chi connectivity index (χ2n) is 6.36. The minimum atomic E-state index is -0.307. The van der Waals surface area contributed by atoms with Crippen LogP contribution in [0.2, 0.25) is 0 Å². The van der Waals surface area contributed by atoms with Crippen LogP contribution in [-0.2, 0) is 19.1 Å². The SMILES string of the molecule is CC(C)COC(=O)CN(CCCCN)CC(=O)OCC(C)C. The summed E-state index contributed by atoms with van der Waals surface area (Å²) in [7, 11) is 0. The first-order chi connectivity index (χ1) is 10.3. The van der Waals surface area contributed by atoms with Gasteiger partial charge in [-0.25, -0.2) is 0 Å². The monoisotopic (exact) mass is 316 g/mol. The van der Waals surface area contributed by atoms with Gasteiger partial charge in [0, 0.05) is 0 Å². The summed E-state index contributed by atoms with van der Waals surface area (Å²) >= 11 is 0. The number of unbranched alkanes of at least 4 members (excludes halogenated alkanes) is 1. The van der Waals surface area contributed by atoms with Gasteiger partial charge in [-0.2, -0.15) is 0 Å². The number of hydrogen-bond acceptors (Lipinski definition) is 6. The molecule has 22 heavy (non-hydrogen) atoms. The Labute approximate surface area is 134 Å². The standard InChI is InChI=1S/C16H32N2O4/c1-13(2)11-21-15(19)9-18(8-6-5-7-17)10-16(20)22-12-14(3)4/h13-14H,5-12,17H2,1-4H3. The van der Waals surface area contributed by atoms with E-state index in [4.69, 9.17) is 15.2 Å². The molecule has 0 aromatic carbocycles. The molecule has 0 atom stereocenters. The van der Waals surface area contributed by atoms with Crippen LogP contribution >= 0.6 is 0 Å². The molecule has 0 aliphatic carbocycles. The van der Waals surface area contributed by atoms with Crippen molar-refractivity contribution in [3.8, 4) is 0 Å². The molecule has 0 bridgehead atoms. The highest BCUT2D eigenvalue weighted by Gasteiger charge is 2.16. The van der Waals surface area contributed by atoms with Crippen LogP contribution in [0.15, 0.2) is 0 Å². The van der Waals surface area contributed by atoms with Crippen molar-refractivity contribution in [1.29, 1.82) is 0 Å². The van der Waals surface area contributed by atoms with Crippen LogP contribution in [0.1, 0.15) is 40.5 Å². The molecule has 0 saturated heterocycles. The van der Waals surface area contributed by atoms with Crippen molar-refractivity contribution in [3.05, 3.63) is 0 Å². The molecule has 0 fully saturated rings. The second kappa shape index (κ2) is 12.4. The lowest BCUT2D eigenvalue weighted by Gasteiger charge is -2.21. The van der Waals surface area contributed by atoms with Gasteiger partial charge in [-0.05, 0) is 37.8 Å². The van der Waals surface area contributed by atoms with E-state index in [9.17, 15) is 9.59 Å². The fourth-order valence-electron chi connectivity index (χ4n) is 1.67. The van der Waals surface area contributed by atoms with E-state index in [2.05, 4.69) is 0 Å². The van der Waals surface area contributed by atoms with E-state index in [1.165, 1.54) is 0 Å². The number of nitrogens with two attached hydrogens (primary N) is 1. The number of carbonyl (C=O) groups excluding carboxylic acids is 2. The summed E-state index contributed by atoms with van der Waals surface area (Å²) in [6, 6.07) is 0. The first kappa shape index (κ1) is 20.9. The fourth-order valence-corrected chi connectivity index (χ4v) is 1.67. The van der Waals surface area contributed by atoms with E-state index >= 15 is 0 Å². The maximum atomic E-state index is 11.8. The Morgan fingerprint density at radius 3 is 1.73 bits per heavy atom. The summed E-state index contributed by atoms with van der Waals surface area (Å²) in [4.78, 5) is 25.4. The van der Waals surface area contributed by atoms with Crippen molar-refractivity contribution in [3.63, 3.8) is 0 Å². The molecule has 0 spiro atoms. The molecule has 0 rings (SSSR count). The van der Waals surface area contributed by atoms with E-state index in [0.717, 1.165) is 12.8 Å². The molecule has 2 N–H and O–H groups in total. The first-order valence-corrected chi connectivity index (χ1v) is 8.08. The molecule has 130 valence electrons. The van der Waals surface area contributed by atoms with E-state index in [-0.39, 0.29) is 25.0 Å². The molecule has 6 heteroatoms. The van der Waals surface area contributed by atoms with Crippen LogP contribution in [-0.4, -0.2) is 56.2 Å². The predicted octanol–water partition coefficient (Wildman–Crippen LogP) is 1.43. The third-order valence-corrected chi connectivity index (χ3v) is 2.79. The minimum absolute atomic E-state index is 0.105. The Bertz CT molecular complexity index is 293. The highest BCUT2D eigenvalue weighted by Crippen LogP contribution is 2.00. The maximum Gasteiger partial charge on any atom is 0.320 e. The van der Waals surface area contributed by atoms with Crippen LogP contribution in [0.5, 0.6) is 0 Å². The lowest BCUT2D eigenvalue weighted by Crippen LogP contribution is -2.37. The quantitative estimate of drug-likeness (QED) is 0.433. The topological polar surface area (TPSA) is 81.9 Å². The molecule has 0 amide bonds. The molecule has 0 heterocycles. The normalized spacial score (nSPS) is 11.3. The van der Waals surface area contributed by atoms with Gasteiger partial charge in [0.25, 0.3) is 0 Å². The van der Waals surface area contributed by atoms with Crippen molar-refractivity contribution < 1.29 is 19.1 Å². The average Bonchev–Trinajstić information content (AvgIpc) is 2.43. The highest BCUT2D eigenvalue weighted by molar-refractivity contribution is 5.75. The van der Waals surface area contributed by atoms with Gasteiger partial charge >= 0.3 is 11.9 Å². The molecule has 0 unspecified atom stereocenters. The molecule has 6 nitrogen and oxygen atoms in total. The highest BCUT2D eigenvalue weighted by atomic mass is 16.5. The number of hydrogen-bond donors (Lipinski definition) is 1. The Balaban J connectivity index is 4.29. The third-order valence-electron chi connectivity index (χ3n) is 2.79. The smallest absolute Gasteiger partial charge is 0.320 e. The third kappa shape index (κ3) is 12.6. The summed E-state index contributed by atoms with van der Waals surface area (Å²) < 4.78 is 10.3. The van der Waals surface area contributed by atoms with E-state index in [1.807, 2.05) is 27.7 Å². The Morgan fingerprint density at radius 1 is 0.909 bits per heavy atom. The van der Waals surface area contributed by atoms with Crippen LogP contribution in [0, 0.1) is 11.8 Å².